The normalized spacial score (nSPS) is 12.4. The average molecular weight is 254 g/mol. The molecule has 90 valence electrons. The smallest absolute Gasteiger partial charge is 0.326 e. The van der Waals surface area contributed by atoms with Gasteiger partial charge in [-0.05, 0) is 6.92 Å². The highest BCUT2D eigenvalue weighted by Gasteiger charge is 2.21. The van der Waals surface area contributed by atoms with E-state index in [0.29, 0.717) is 15.8 Å². The van der Waals surface area contributed by atoms with E-state index in [1.54, 1.807) is 24.9 Å². The van der Waals surface area contributed by atoms with Crippen molar-refractivity contribution in [1.82, 2.24) is 15.4 Å². The minimum Gasteiger partial charge on any atom is -0.480 e. The van der Waals surface area contributed by atoms with Gasteiger partial charge in [-0.3, -0.25) is 0 Å². The molecule has 0 spiro atoms. The molecular weight excluding hydrogens is 244 g/mol. The summed E-state index contributed by atoms with van der Waals surface area (Å²) in [5, 5.41) is 21.6. The lowest BCUT2D eigenvalue weighted by molar-refractivity contribution is -0.138. The Hall–Kier alpha value is -1.96. The number of aromatic nitrogens is 3. The third-order valence-electron chi connectivity index (χ3n) is 2.31. The highest BCUT2D eigenvalue weighted by Crippen LogP contribution is 2.27. The molecule has 0 aliphatic heterocycles. The van der Waals surface area contributed by atoms with E-state index < -0.39 is 12.0 Å². The number of aliphatic carboxylic acids is 1. The van der Waals surface area contributed by atoms with Gasteiger partial charge in [0.1, 0.15) is 18.0 Å². The summed E-state index contributed by atoms with van der Waals surface area (Å²) < 4.78 is 4.71. The van der Waals surface area contributed by atoms with Crippen LogP contribution in [0.5, 0.6) is 0 Å². The Labute approximate surface area is 101 Å². The summed E-state index contributed by atoms with van der Waals surface area (Å²) in [5.74, 6) is -0.911. The molecular formula is C9H10N4O3S. The molecule has 0 aliphatic rings. The summed E-state index contributed by atoms with van der Waals surface area (Å²) in [6.07, 6.45) is 1.44. The average Bonchev–Trinajstić information content (AvgIpc) is 2.96. The van der Waals surface area contributed by atoms with Crippen LogP contribution in [0.4, 0.5) is 5.13 Å². The van der Waals surface area contributed by atoms with Crippen molar-refractivity contribution in [3.05, 3.63) is 12.3 Å². The van der Waals surface area contributed by atoms with Crippen molar-refractivity contribution in [1.29, 1.82) is 0 Å². The number of carbonyl (C=O) groups is 1. The Morgan fingerprint density at radius 1 is 1.59 bits per heavy atom. The third-order valence-corrected chi connectivity index (χ3v) is 3.35. The molecule has 1 unspecified atom stereocenters. The van der Waals surface area contributed by atoms with Crippen LogP contribution in [-0.2, 0) is 4.79 Å². The number of carboxylic acids is 1. The molecule has 2 aromatic rings. The van der Waals surface area contributed by atoms with Crippen LogP contribution >= 0.6 is 11.3 Å². The number of nitrogens with zero attached hydrogens (tertiary/aromatic N) is 4. The summed E-state index contributed by atoms with van der Waals surface area (Å²) in [7, 11) is 1.66. The first kappa shape index (κ1) is 11.5. The summed E-state index contributed by atoms with van der Waals surface area (Å²) >= 11 is 1.26. The Bertz CT molecular complexity index is 510. The molecule has 0 fully saturated rings. The summed E-state index contributed by atoms with van der Waals surface area (Å²) in [6.45, 7) is 1.58. The molecule has 17 heavy (non-hydrogen) atoms. The van der Waals surface area contributed by atoms with Gasteiger partial charge in [0.05, 0.1) is 0 Å². The van der Waals surface area contributed by atoms with Crippen molar-refractivity contribution in [2.45, 2.75) is 13.0 Å². The summed E-state index contributed by atoms with van der Waals surface area (Å²) in [5.41, 5.74) is 0.588. The van der Waals surface area contributed by atoms with Gasteiger partial charge in [0.25, 0.3) is 0 Å². The van der Waals surface area contributed by atoms with E-state index in [2.05, 4.69) is 15.4 Å². The quantitative estimate of drug-likeness (QED) is 0.873. The zero-order valence-corrected chi connectivity index (χ0v) is 10.0. The van der Waals surface area contributed by atoms with E-state index in [9.17, 15) is 4.79 Å². The van der Waals surface area contributed by atoms with Crippen molar-refractivity contribution in [2.75, 3.05) is 11.9 Å². The Kier molecular flexibility index (Phi) is 3.05. The van der Waals surface area contributed by atoms with Gasteiger partial charge in [0, 0.05) is 13.1 Å². The predicted octanol–water partition coefficient (Wildman–Crippen LogP) is 1.10. The van der Waals surface area contributed by atoms with E-state index in [-0.39, 0.29) is 0 Å². The SMILES string of the molecule is CC(C(=O)O)N(C)c1nnc(-c2ccon2)s1. The minimum atomic E-state index is -0.911. The first-order valence-electron chi connectivity index (χ1n) is 4.79. The third kappa shape index (κ3) is 2.26. The number of rotatable bonds is 4. The molecule has 0 aliphatic carbocycles. The largest absolute Gasteiger partial charge is 0.480 e. The van der Waals surface area contributed by atoms with Crippen LogP contribution in [0.3, 0.4) is 0 Å². The van der Waals surface area contributed by atoms with E-state index in [0.717, 1.165) is 0 Å². The fraction of sp³-hybridized carbons (Fsp3) is 0.333. The van der Waals surface area contributed by atoms with Gasteiger partial charge in [-0.2, -0.15) is 0 Å². The van der Waals surface area contributed by atoms with E-state index in [1.165, 1.54) is 17.6 Å². The summed E-state index contributed by atoms with van der Waals surface area (Å²) in [6, 6.07) is 1.01. The van der Waals surface area contributed by atoms with Crippen LogP contribution in [0.2, 0.25) is 0 Å². The molecule has 0 aromatic carbocycles. The van der Waals surface area contributed by atoms with Gasteiger partial charge in [-0.15, -0.1) is 10.2 Å². The minimum absolute atomic E-state index is 0.526. The number of anilines is 1. The fourth-order valence-corrected chi connectivity index (χ4v) is 1.96. The lowest BCUT2D eigenvalue weighted by Gasteiger charge is -2.19. The maximum Gasteiger partial charge on any atom is 0.326 e. The maximum atomic E-state index is 10.8. The van der Waals surface area contributed by atoms with Crippen molar-refractivity contribution in [3.63, 3.8) is 0 Å². The van der Waals surface area contributed by atoms with Gasteiger partial charge < -0.3 is 14.5 Å². The second-order valence-corrected chi connectivity index (χ2v) is 4.36. The van der Waals surface area contributed by atoms with E-state index in [4.69, 9.17) is 9.63 Å². The maximum absolute atomic E-state index is 10.8. The first-order chi connectivity index (χ1) is 8.09. The Morgan fingerprint density at radius 2 is 2.35 bits per heavy atom. The van der Waals surface area contributed by atoms with E-state index in [1.807, 2.05) is 0 Å². The van der Waals surface area contributed by atoms with Gasteiger partial charge >= 0.3 is 5.97 Å². The summed E-state index contributed by atoms with van der Waals surface area (Å²) in [4.78, 5) is 12.4. The molecule has 0 radical (unpaired) electrons. The highest BCUT2D eigenvalue weighted by atomic mass is 32.1. The molecule has 0 amide bonds. The number of hydrogen-bond donors (Lipinski definition) is 1. The van der Waals surface area contributed by atoms with Crippen LogP contribution in [0, 0.1) is 0 Å². The van der Waals surface area contributed by atoms with Gasteiger partial charge in [-0.25, -0.2) is 4.79 Å². The van der Waals surface area contributed by atoms with Gasteiger partial charge in [-0.1, -0.05) is 16.5 Å². The van der Waals surface area contributed by atoms with Crippen LogP contribution in [0.1, 0.15) is 6.92 Å². The zero-order chi connectivity index (χ0) is 12.4. The van der Waals surface area contributed by atoms with Crippen LogP contribution < -0.4 is 4.90 Å². The van der Waals surface area contributed by atoms with Crippen molar-refractivity contribution in [3.8, 4) is 10.7 Å². The van der Waals surface area contributed by atoms with Crippen LogP contribution in [-0.4, -0.2) is 39.5 Å². The molecule has 1 atom stereocenters. The molecule has 7 nitrogen and oxygen atoms in total. The number of likely N-dealkylation sites (N-methyl/N-ethyl adjacent to an activating group) is 1. The van der Waals surface area contributed by atoms with Gasteiger partial charge in [0.2, 0.25) is 5.13 Å². The van der Waals surface area contributed by atoms with E-state index >= 15 is 0 Å². The first-order valence-corrected chi connectivity index (χ1v) is 5.61. The Balaban J connectivity index is 2.21. The van der Waals surface area contributed by atoms with Crippen LogP contribution in [0.15, 0.2) is 16.9 Å². The molecule has 2 heterocycles. The second-order valence-electron chi connectivity index (χ2n) is 3.40. The van der Waals surface area contributed by atoms with Crippen LogP contribution in [0.25, 0.3) is 10.7 Å². The number of hydrogen-bond acceptors (Lipinski definition) is 7. The standard InChI is InChI=1S/C9H10N4O3S/c1-5(8(14)15)13(2)9-11-10-7(17-9)6-3-4-16-12-6/h3-5H,1-2H3,(H,14,15). The number of carboxylic acid groups (broad SMARTS) is 1. The molecule has 8 heteroatoms. The predicted molar refractivity (Wildman–Crippen MR) is 60.9 cm³/mol. The zero-order valence-electron chi connectivity index (χ0n) is 9.19. The molecule has 2 aromatic heterocycles. The van der Waals surface area contributed by atoms with Crippen molar-refractivity contribution in [2.24, 2.45) is 0 Å². The molecule has 0 saturated heterocycles. The highest BCUT2D eigenvalue weighted by molar-refractivity contribution is 7.18. The molecule has 1 N–H and O–H groups in total. The molecule has 0 saturated carbocycles. The molecule has 2 rings (SSSR count). The lowest BCUT2D eigenvalue weighted by Crippen LogP contribution is -2.35. The topological polar surface area (TPSA) is 92.3 Å². The van der Waals surface area contributed by atoms with Crippen molar-refractivity contribution >= 4 is 22.4 Å². The second kappa shape index (κ2) is 4.50. The lowest BCUT2D eigenvalue weighted by atomic mass is 10.3. The fourth-order valence-electron chi connectivity index (χ4n) is 1.12. The van der Waals surface area contributed by atoms with Gasteiger partial charge in [0.15, 0.2) is 5.01 Å². The van der Waals surface area contributed by atoms with Crippen molar-refractivity contribution < 1.29 is 14.4 Å². The molecule has 0 bridgehead atoms. The monoisotopic (exact) mass is 254 g/mol. The Morgan fingerprint density at radius 3 is 2.94 bits per heavy atom.